The molecule has 0 saturated heterocycles. The van der Waals surface area contributed by atoms with Crippen LogP contribution < -0.4 is 5.32 Å². The summed E-state index contributed by atoms with van der Waals surface area (Å²) in [4.78, 5) is 13.3. The Hall–Kier alpha value is -0.910. The largest absolute Gasteiger partial charge is 0.444 e. The van der Waals surface area contributed by atoms with Gasteiger partial charge in [0.15, 0.2) is 0 Å². The average molecular weight is 278 g/mol. The predicted molar refractivity (Wildman–Crippen MR) is 69.4 cm³/mol. The van der Waals surface area contributed by atoms with Crippen LogP contribution in [0.15, 0.2) is 0 Å². The number of hydrogen-bond acceptors (Lipinski definition) is 3. The van der Waals surface area contributed by atoms with Crippen LogP contribution in [0.2, 0.25) is 0 Å². The van der Waals surface area contributed by atoms with Gasteiger partial charge in [0.05, 0.1) is 12.1 Å². The fourth-order valence-electron chi connectivity index (χ4n) is 2.44. The summed E-state index contributed by atoms with van der Waals surface area (Å²) in [5.74, 6) is -2.80. The van der Waals surface area contributed by atoms with E-state index in [0.717, 1.165) is 0 Å². The number of carbonyl (C=O) groups is 1. The van der Waals surface area contributed by atoms with Crippen molar-refractivity contribution in [2.24, 2.45) is 0 Å². The van der Waals surface area contributed by atoms with E-state index in [1.807, 2.05) is 0 Å². The van der Waals surface area contributed by atoms with Crippen molar-refractivity contribution in [3.63, 3.8) is 0 Å². The Morgan fingerprint density at radius 1 is 1.42 bits per heavy atom. The number of nitrogens with zero attached hydrogens (tertiary/aromatic N) is 1. The lowest BCUT2D eigenvalue weighted by Gasteiger charge is -2.42. The molecule has 1 aliphatic carbocycles. The molecule has 1 amide bonds. The van der Waals surface area contributed by atoms with Gasteiger partial charge in [0, 0.05) is 13.5 Å². The van der Waals surface area contributed by atoms with E-state index >= 15 is 0 Å². The minimum Gasteiger partial charge on any atom is -0.444 e. The van der Waals surface area contributed by atoms with Gasteiger partial charge in [0.1, 0.15) is 5.60 Å². The number of likely N-dealkylation sites (N-methyl/N-ethyl adjacent to an activating group) is 2. The topological polar surface area (TPSA) is 41.6 Å². The molecule has 0 aromatic heterocycles. The number of rotatable bonds is 2. The van der Waals surface area contributed by atoms with Crippen molar-refractivity contribution >= 4 is 6.09 Å². The third-order valence-corrected chi connectivity index (χ3v) is 3.34. The SMILES string of the molecule is CN[C@@H]1[C@H](N(C)C(=O)OC(C)(C)C)CCCC1(F)F. The van der Waals surface area contributed by atoms with Crippen LogP contribution in [0.5, 0.6) is 0 Å². The first kappa shape index (κ1) is 16.1. The van der Waals surface area contributed by atoms with Gasteiger partial charge < -0.3 is 15.0 Å². The van der Waals surface area contributed by atoms with Crippen LogP contribution in [0.3, 0.4) is 0 Å². The molecule has 1 rings (SSSR count). The summed E-state index contributed by atoms with van der Waals surface area (Å²) in [5.41, 5.74) is -0.627. The Morgan fingerprint density at radius 2 is 2.00 bits per heavy atom. The monoisotopic (exact) mass is 278 g/mol. The van der Waals surface area contributed by atoms with Gasteiger partial charge in [-0.05, 0) is 40.7 Å². The normalized spacial score (nSPS) is 26.9. The van der Waals surface area contributed by atoms with Gasteiger partial charge in [0.2, 0.25) is 0 Å². The van der Waals surface area contributed by atoms with E-state index in [2.05, 4.69) is 5.32 Å². The second-order valence-electron chi connectivity index (χ2n) is 6.08. The summed E-state index contributed by atoms with van der Waals surface area (Å²) in [6, 6.07) is -1.58. The van der Waals surface area contributed by atoms with Gasteiger partial charge in [-0.15, -0.1) is 0 Å². The molecule has 112 valence electrons. The quantitative estimate of drug-likeness (QED) is 0.844. The summed E-state index contributed by atoms with van der Waals surface area (Å²) >= 11 is 0. The van der Waals surface area contributed by atoms with Crippen molar-refractivity contribution in [2.75, 3.05) is 14.1 Å². The highest BCUT2D eigenvalue weighted by atomic mass is 19.3. The van der Waals surface area contributed by atoms with E-state index in [-0.39, 0.29) is 6.42 Å². The lowest BCUT2D eigenvalue weighted by molar-refractivity contribution is -0.0897. The van der Waals surface area contributed by atoms with Gasteiger partial charge in [-0.25, -0.2) is 13.6 Å². The minimum absolute atomic E-state index is 0.142. The molecular formula is C13H24F2N2O2. The molecule has 19 heavy (non-hydrogen) atoms. The van der Waals surface area contributed by atoms with Gasteiger partial charge >= 0.3 is 6.09 Å². The number of halogens is 2. The predicted octanol–water partition coefficient (Wildman–Crippen LogP) is 2.63. The molecule has 0 unspecified atom stereocenters. The fraction of sp³-hybridized carbons (Fsp3) is 0.923. The smallest absolute Gasteiger partial charge is 0.410 e. The maximum atomic E-state index is 13.8. The first-order valence-corrected chi connectivity index (χ1v) is 6.59. The minimum atomic E-state index is -2.80. The van der Waals surface area contributed by atoms with Crippen LogP contribution in [0.25, 0.3) is 0 Å². The lowest BCUT2D eigenvalue weighted by Crippen LogP contribution is -2.60. The molecule has 1 aliphatic rings. The zero-order valence-corrected chi connectivity index (χ0v) is 12.3. The van der Waals surface area contributed by atoms with Crippen LogP contribution in [0, 0.1) is 0 Å². The highest BCUT2D eigenvalue weighted by Crippen LogP contribution is 2.35. The fourth-order valence-corrected chi connectivity index (χ4v) is 2.44. The van der Waals surface area contributed by atoms with Crippen molar-refractivity contribution in [3.05, 3.63) is 0 Å². The molecule has 0 aromatic rings. The Morgan fingerprint density at radius 3 is 2.47 bits per heavy atom. The van der Waals surface area contributed by atoms with Crippen LogP contribution in [-0.4, -0.2) is 48.7 Å². The Bertz CT molecular complexity index is 329. The Kier molecular flexibility index (Phi) is 4.76. The summed E-state index contributed by atoms with van der Waals surface area (Å²) in [7, 11) is 3.02. The second-order valence-corrected chi connectivity index (χ2v) is 6.08. The number of amides is 1. The van der Waals surface area contributed by atoms with E-state index in [9.17, 15) is 13.6 Å². The summed E-state index contributed by atoms with van der Waals surface area (Å²) in [5, 5.41) is 2.64. The molecule has 1 N–H and O–H groups in total. The van der Waals surface area contributed by atoms with Crippen molar-refractivity contribution in [3.8, 4) is 0 Å². The van der Waals surface area contributed by atoms with Crippen LogP contribution in [-0.2, 0) is 4.74 Å². The Labute approximate surface area is 113 Å². The average Bonchev–Trinajstić information content (AvgIpc) is 2.24. The molecule has 0 spiro atoms. The summed E-state index contributed by atoms with van der Waals surface area (Å²) in [6.07, 6.45) is 0.257. The van der Waals surface area contributed by atoms with Crippen LogP contribution in [0.1, 0.15) is 40.0 Å². The second kappa shape index (κ2) is 5.61. The first-order chi connectivity index (χ1) is 8.58. The zero-order chi connectivity index (χ0) is 14.8. The first-order valence-electron chi connectivity index (χ1n) is 6.59. The molecule has 0 radical (unpaired) electrons. The van der Waals surface area contributed by atoms with E-state index < -0.39 is 29.7 Å². The van der Waals surface area contributed by atoms with E-state index in [1.54, 1.807) is 20.8 Å². The third kappa shape index (κ3) is 4.03. The van der Waals surface area contributed by atoms with Crippen molar-refractivity contribution < 1.29 is 18.3 Å². The van der Waals surface area contributed by atoms with Gasteiger partial charge in [-0.2, -0.15) is 0 Å². The molecule has 0 bridgehead atoms. The highest BCUT2D eigenvalue weighted by molar-refractivity contribution is 5.68. The van der Waals surface area contributed by atoms with Gasteiger partial charge in [0.25, 0.3) is 5.92 Å². The van der Waals surface area contributed by atoms with E-state index in [1.165, 1.54) is 19.0 Å². The summed E-state index contributed by atoms with van der Waals surface area (Å²) < 4.78 is 32.9. The number of alkyl halides is 2. The summed E-state index contributed by atoms with van der Waals surface area (Å²) in [6.45, 7) is 5.26. The maximum absolute atomic E-state index is 13.8. The van der Waals surface area contributed by atoms with E-state index in [0.29, 0.717) is 12.8 Å². The Balaban J connectivity index is 2.79. The molecule has 4 nitrogen and oxygen atoms in total. The van der Waals surface area contributed by atoms with Gasteiger partial charge in [-0.3, -0.25) is 0 Å². The molecule has 1 fully saturated rings. The molecule has 0 aliphatic heterocycles. The van der Waals surface area contributed by atoms with E-state index in [4.69, 9.17) is 4.74 Å². The molecule has 0 aromatic carbocycles. The lowest BCUT2D eigenvalue weighted by atomic mass is 9.86. The molecule has 0 heterocycles. The molecule has 2 atom stereocenters. The van der Waals surface area contributed by atoms with Crippen molar-refractivity contribution in [1.82, 2.24) is 10.2 Å². The van der Waals surface area contributed by atoms with Crippen LogP contribution >= 0.6 is 0 Å². The number of nitrogens with one attached hydrogen (secondary N) is 1. The van der Waals surface area contributed by atoms with Gasteiger partial charge in [-0.1, -0.05) is 0 Å². The molecule has 6 heteroatoms. The highest BCUT2D eigenvalue weighted by Gasteiger charge is 2.48. The molecular weight excluding hydrogens is 254 g/mol. The number of ether oxygens (including phenoxy) is 1. The maximum Gasteiger partial charge on any atom is 0.410 e. The molecule has 1 saturated carbocycles. The number of hydrogen-bond donors (Lipinski definition) is 1. The number of carbonyl (C=O) groups excluding carboxylic acids is 1. The van der Waals surface area contributed by atoms with Crippen LogP contribution in [0.4, 0.5) is 13.6 Å². The zero-order valence-electron chi connectivity index (χ0n) is 12.3. The van der Waals surface area contributed by atoms with Crippen molar-refractivity contribution in [2.45, 2.75) is 63.6 Å². The third-order valence-electron chi connectivity index (χ3n) is 3.34. The standard InChI is InChI=1S/C13H24F2N2O2/c1-12(2,3)19-11(18)17(5)9-7-6-8-13(14,15)10(9)16-4/h9-10,16H,6-8H2,1-5H3/t9-,10-/m1/s1. The van der Waals surface area contributed by atoms with Crippen molar-refractivity contribution in [1.29, 1.82) is 0 Å².